The monoisotopic (exact) mass is 397 g/mol. The van der Waals surface area contributed by atoms with Crippen LogP contribution in [-0.4, -0.2) is 40.1 Å². The van der Waals surface area contributed by atoms with Crippen LogP contribution in [0.3, 0.4) is 0 Å². The fourth-order valence-electron chi connectivity index (χ4n) is 4.04. The van der Waals surface area contributed by atoms with Crippen molar-refractivity contribution >= 4 is 29.2 Å². The van der Waals surface area contributed by atoms with Crippen LogP contribution >= 0.6 is 0 Å². The van der Waals surface area contributed by atoms with Gasteiger partial charge in [-0.25, -0.2) is 0 Å². The van der Waals surface area contributed by atoms with E-state index in [2.05, 4.69) is 6.92 Å². The third-order valence-corrected chi connectivity index (χ3v) is 5.74. The minimum Gasteiger partial charge on any atom is -0.300 e. The number of nitrogens with zero attached hydrogens (tertiary/aromatic N) is 1. The van der Waals surface area contributed by atoms with Gasteiger partial charge in [0.25, 0.3) is 11.8 Å². The largest absolute Gasteiger partial charge is 0.300 e. The quantitative estimate of drug-likeness (QED) is 0.362. The van der Waals surface area contributed by atoms with Crippen LogP contribution in [0.5, 0.6) is 0 Å². The van der Waals surface area contributed by atoms with Crippen LogP contribution in [0, 0.1) is 0 Å². The second-order valence-corrected chi connectivity index (χ2v) is 7.95. The Balaban J connectivity index is 1.64. The fourth-order valence-corrected chi connectivity index (χ4v) is 4.04. The molecule has 0 N–H and O–H groups in total. The molecular formula is C23H27NO5. The van der Waals surface area contributed by atoms with Gasteiger partial charge in [-0.2, -0.15) is 0 Å². The highest BCUT2D eigenvalue weighted by atomic mass is 16.2. The molecule has 1 saturated carbocycles. The van der Waals surface area contributed by atoms with Gasteiger partial charge in [0.2, 0.25) is 0 Å². The van der Waals surface area contributed by atoms with Gasteiger partial charge in [0.1, 0.15) is 11.6 Å². The number of hydrogen-bond donors (Lipinski definition) is 0. The Kier molecular flexibility index (Phi) is 6.72. The Morgan fingerprint density at radius 2 is 1.76 bits per heavy atom. The average Bonchev–Trinajstić information content (AvgIpc) is 2.94. The van der Waals surface area contributed by atoms with E-state index in [4.69, 9.17) is 0 Å². The zero-order valence-corrected chi connectivity index (χ0v) is 16.9. The van der Waals surface area contributed by atoms with Gasteiger partial charge in [0.05, 0.1) is 23.6 Å². The summed E-state index contributed by atoms with van der Waals surface area (Å²) in [5, 5.41) is 0. The third-order valence-electron chi connectivity index (χ3n) is 5.74. The van der Waals surface area contributed by atoms with Crippen LogP contribution in [0.4, 0.5) is 0 Å². The molecule has 6 nitrogen and oxygen atoms in total. The molecular weight excluding hydrogens is 370 g/mol. The summed E-state index contributed by atoms with van der Waals surface area (Å²) in [6, 6.07) is 4.19. The molecule has 0 radical (unpaired) electrons. The number of rotatable bonds is 9. The number of carbonyl (C=O) groups excluding carboxylic acids is 5. The van der Waals surface area contributed by atoms with E-state index in [1.54, 1.807) is 18.2 Å². The molecule has 1 heterocycles. The number of unbranched alkanes of at least 4 members (excludes halogenated alkanes) is 3. The maximum absolute atomic E-state index is 12.8. The lowest BCUT2D eigenvalue weighted by molar-refractivity contribution is -0.132. The molecule has 0 aromatic heterocycles. The van der Waals surface area contributed by atoms with E-state index in [-0.39, 0.29) is 47.7 Å². The number of fused-ring (bicyclic) bond motifs is 1. The first-order valence-electron chi connectivity index (χ1n) is 10.5. The molecule has 1 aliphatic heterocycles. The lowest BCUT2D eigenvalue weighted by Crippen LogP contribution is -2.47. The summed E-state index contributed by atoms with van der Waals surface area (Å²) >= 11 is 0. The number of carbonyl (C=O) groups is 5. The van der Waals surface area contributed by atoms with Crippen molar-refractivity contribution in [1.82, 2.24) is 4.90 Å². The predicted molar refractivity (Wildman–Crippen MR) is 107 cm³/mol. The molecule has 6 heteroatoms. The van der Waals surface area contributed by atoms with Crippen molar-refractivity contribution in [2.45, 2.75) is 77.2 Å². The Hall–Kier alpha value is -2.63. The van der Waals surface area contributed by atoms with Gasteiger partial charge in [-0.1, -0.05) is 32.3 Å². The summed E-state index contributed by atoms with van der Waals surface area (Å²) in [4.78, 5) is 62.2. The van der Waals surface area contributed by atoms with Crippen molar-refractivity contribution in [3.05, 3.63) is 34.9 Å². The molecule has 1 aromatic carbocycles. The Labute approximate surface area is 170 Å². The van der Waals surface area contributed by atoms with Gasteiger partial charge in [-0.05, 0) is 37.0 Å². The van der Waals surface area contributed by atoms with E-state index in [0.29, 0.717) is 19.3 Å². The first-order valence-corrected chi connectivity index (χ1v) is 10.5. The van der Waals surface area contributed by atoms with Crippen LogP contribution in [0.15, 0.2) is 18.2 Å². The zero-order chi connectivity index (χ0) is 21.0. The third kappa shape index (κ3) is 4.69. The van der Waals surface area contributed by atoms with Crippen molar-refractivity contribution in [3.8, 4) is 0 Å². The fraction of sp³-hybridized carbons (Fsp3) is 0.522. The molecule has 0 spiro atoms. The van der Waals surface area contributed by atoms with E-state index in [1.807, 2.05) is 0 Å². The predicted octanol–water partition coefficient (Wildman–Crippen LogP) is 3.45. The molecule has 1 unspecified atom stereocenters. The molecule has 1 fully saturated rings. The molecule has 1 aliphatic carbocycles. The lowest BCUT2D eigenvalue weighted by atomic mass is 9.92. The second-order valence-electron chi connectivity index (χ2n) is 7.95. The number of aryl methyl sites for hydroxylation is 1. The molecule has 1 aromatic rings. The highest BCUT2D eigenvalue weighted by Gasteiger charge is 2.44. The zero-order valence-electron chi connectivity index (χ0n) is 16.9. The number of imide groups is 1. The normalized spacial score (nSPS) is 19.1. The van der Waals surface area contributed by atoms with Crippen LogP contribution in [0.1, 0.15) is 91.0 Å². The topological polar surface area (TPSA) is 88.6 Å². The number of Topliss-reactive ketones (excluding diaryl/α,β-unsaturated/α-hetero) is 3. The number of hydrogen-bond acceptors (Lipinski definition) is 5. The minimum atomic E-state index is -0.853. The average molecular weight is 397 g/mol. The number of benzene rings is 1. The summed E-state index contributed by atoms with van der Waals surface area (Å²) in [6.45, 7) is 2.13. The summed E-state index contributed by atoms with van der Waals surface area (Å²) < 4.78 is 0. The van der Waals surface area contributed by atoms with Crippen molar-refractivity contribution < 1.29 is 24.0 Å². The van der Waals surface area contributed by atoms with Crippen LogP contribution in [0.2, 0.25) is 0 Å². The smallest absolute Gasteiger partial charge is 0.262 e. The highest BCUT2D eigenvalue weighted by Crippen LogP contribution is 2.30. The van der Waals surface area contributed by atoms with Crippen molar-refractivity contribution in [2.24, 2.45) is 0 Å². The summed E-state index contributed by atoms with van der Waals surface area (Å²) in [7, 11) is 0. The molecule has 0 saturated heterocycles. The van der Waals surface area contributed by atoms with Gasteiger partial charge < -0.3 is 0 Å². The van der Waals surface area contributed by atoms with E-state index in [9.17, 15) is 24.0 Å². The maximum atomic E-state index is 12.8. The van der Waals surface area contributed by atoms with E-state index < -0.39 is 17.9 Å². The van der Waals surface area contributed by atoms with Gasteiger partial charge in [0.15, 0.2) is 5.78 Å². The molecule has 0 bridgehead atoms. The van der Waals surface area contributed by atoms with E-state index >= 15 is 0 Å². The van der Waals surface area contributed by atoms with Gasteiger partial charge in [-0.15, -0.1) is 0 Å². The number of amides is 2. The second kappa shape index (κ2) is 9.25. The molecule has 1 atom stereocenters. The molecule has 3 rings (SSSR count). The van der Waals surface area contributed by atoms with Gasteiger partial charge >= 0.3 is 0 Å². The SMILES string of the molecule is CCCCCCC(=O)CCc1ccc2c(c1)C(=O)N(C1CCC(=O)CC1=O)C2=O. The van der Waals surface area contributed by atoms with Gasteiger partial charge in [0, 0.05) is 19.3 Å². The van der Waals surface area contributed by atoms with Crippen molar-refractivity contribution in [3.63, 3.8) is 0 Å². The van der Waals surface area contributed by atoms with Crippen molar-refractivity contribution in [1.29, 1.82) is 0 Å². The summed E-state index contributed by atoms with van der Waals surface area (Å²) in [5.74, 6) is -1.26. The maximum Gasteiger partial charge on any atom is 0.262 e. The van der Waals surface area contributed by atoms with E-state index in [0.717, 1.165) is 36.1 Å². The molecule has 154 valence electrons. The first-order chi connectivity index (χ1) is 13.9. The standard InChI is InChI=1S/C23H27NO5/c1-2-3-4-5-6-16(25)9-7-15-8-11-18-19(13-15)23(29)24(22(18)28)20-12-10-17(26)14-21(20)27/h8,11,13,20H,2-7,9-10,12,14H2,1H3. The Morgan fingerprint density at radius 3 is 2.48 bits per heavy atom. The molecule has 2 amide bonds. The number of ketones is 3. The minimum absolute atomic E-state index is 0.149. The van der Waals surface area contributed by atoms with Crippen LogP contribution < -0.4 is 0 Å². The first kappa shape index (κ1) is 21.1. The Bertz CT molecular complexity index is 857. The van der Waals surface area contributed by atoms with Crippen molar-refractivity contribution in [2.75, 3.05) is 0 Å². The highest BCUT2D eigenvalue weighted by molar-refractivity contribution is 6.23. The van der Waals surface area contributed by atoms with Crippen LogP contribution in [0.25, 0.3) is 0 Å². The Morgan fingerprint density at radius 1 is 1.00 bits per heavy atom. The van der Waals surface area contributed by atoms with Crippen LogP contribution in [-0.2, 0) is 20.8 Å². The summed E-state index contributed by atoms with van der Waals surface area (Å²) in [6.07, 6.45) is 5.96. The van der Waals surface area contributed by atoms with E-state index in [1.165, 1.54) is 0 Å². The molecule has 2 aliphatic rings. The molecule has 29 heavy (non-hydrogen) atoms. The summed E-state index contributed by atoms with van der Waals surface area (Å²) in [5.41, 5.74) is 1.40. The lowest BCUT2D eigenvalue weighted by Gasteiger charge is -2.27. The van der Waals surface area contributed by atoms with Gasteiger partial charge in [-0.3, -0.25) is 28.9 Å².